The number of anilines is 1. The first kappa shape index (κ1) is 12.4. The van der Waals surface area contributed by atoms with Crippen molar-refractivity contribution in [3.05, 3.63) is 41.8 Å². The van der Waals surface area contributed by atoms with Crippen LogP contribution >= 0.6 is 0 Å². The number of pyridine rings is 1. The molecule has 0 atom stereocenters. The number of rotatable bonds is 2. The van der Waals surface area contributed by atoms with E-state index in [1.54, 1.807) is 23.9 Å². The molecule has 6 heteroatoms. The molecule has 102 valence electrons. The van der Waals surface area contributed by atoms with Gasteiger partial charge in [0, 0.05) is 17.3 Å². The number of halogens is 1. The number of nitrogen functional groups attached to an aromatic ring is 1. The Bertz CT molecular complexity index is 797. The van der Waals surface area contributed by atoms with Gasteiger partial charge in [-0.1, -0.05) is 0 Å². The van der Waals surface area contributed by atoms with Gasteiger partial charge in [-0.05, 0) is 36.8 Å². The maximum atomic E-state index is 13.5. The molecule has 0 radical (unpaired) electrons. The van der Waals surface area contributed by atoms with Crippen LogP contribution in [0.25, 0.3) is 16.8 Å². The number of nitrogens with two attached hydrogens (primary N) is 1. The van der Waals surface area contributed by atoms with Crippen LogP contribution in [0.2, 0.25) is 0 Å². The summed E-state index contributed by atoms with van der Waals surface area (Å²) in [5.41, 5.74) is 8.66. The Balaban J connectivity index is 2.28. The van der Waals surface area contributed by atoms with Gasteiger partial charge in [0.2, 0.25) is 5.95 Å². The van der Waals surface area contributed by atoms with Crippen molar-refractivity contribution in [3.63, 3.8) is 0 Å². The molecular weight excluding hydrogens is 259 g/mol. The van der Waals surface area contributed by atoms with Gasteiger partial charge in [0.1, 0.15) is 11.6 Å². The van der Waals surface area contributed by atoms with Gasteiger partial charge in [0.05, 0.1) is 7.11 Å². The molecule has 2 N–H and O–H groups in total. The second kappa shape index (κ2) is 4.48. The minimum Gasteiger partial charge on any atom is -0.496 e. The minimum absolute atomic E-state index is 0.202. The number of benzene rings is 1. The second-order valence-corrected chi connectivity index (χ2v) is 4.49. The maximum Gasteiger partial charge on any atom is 0.240 e. The molecule has 2 aromatic heterocycles. The summed E-state index contributed by atoms with van der Waals surface area (Å²) in [6.07, 6.45) is 1.77. The standard InChI is InChI=1S/C14H13FN4O/c1-8-5-13-17-14(16)18-19(13)7-11(8)10-6-9(15)3-4-12(10)20-2/h3-7H,1-2H3,(H2,16,18). The summed E-state index contributed by atoms with van der Waals surface area (Å²) in [4.78, 5) is 4.09. The summed E-state index contributed by atoms with van der Waals surface area (Å²) < 4.78 is 20.4. The molecule has 5 nitrogen and oxygen atoms in total. The largest absolute Gasteiger partial charge is 0.496 e. The molecule has 20 heavy (non-hydrogen) atoms. The predicted molar refractivity (Wildman–Crippen MR) is 74.1 cm³/mol. The number of hydrogen-bond donors (Lipinski definition) is 1. The molecule has 0 aliphatic rings. The van der Waals surface area contributed by atoms with Gasteiger partial charge in [-0.3, -0.25) is 0 Å². The van der Waals surface area contributed by atoms with Crippen LogP contribution in [0.4, 0.5) is 10.3 Å². The van der Waals surface area contributed by atoms with Crippen LogP contribution in [-0.2, 0) is 0 Å². The zero-order valence-electron chi connectivity index (χ0n) is 11.1. The van der Waals surface area contributed by atoms with Crippen molar-refractivity contribution in [2.45, 2.75) is 6.92 Å². The average Bonchev–Trinajstić information content (AvgIpc) is 2.76. The van der Waals surface area contributed by atoms with E-state index in [-0.39, 0.29) is 11.8 Å². The summed E-state index contributed by atoms with van der Waals surface area (Å²) in [6.45, 7) is 1.92. The Hall–Kier alpha value is -2.63. The number of fused-ring (bicyclic) bond motifs is 1. The summed E-state index contributed by atoms with van der Waals surface area (Å²) in [7, 11) is 1.55. The Kier molecular flexibility index (Phi) is 2.78. The molecule has 1 aromatic carbocycles. The highest BCUT2D eigenvalue weighted by atomic mass is 19.1. The lowest BCUT2D eigenvalue weighted by Gasteiger charge is -2.11. The highest BCUT2D eigenvalue weighted by Gasteiger charge is 2.12. The van der Waals surface area contributed by atoms with Crippen LogP contribution < -0.4 is 10.5 Å². The second-order valence-electron chi connectivity index (χ2n) is 4.49. The van der Waals surface area contributed by atoms with E-state index in [1.165, 1.54) is 12.1 Å². The SMILES string of the molecule is COc1ccc(F)cc1-c1cn2nc(N)nc2cc1C. The van der Waals surface area contributed by atoms with Gasteiger partial charge in [-0.2, -0.15) is 4.98 Å². The molecule has 0 saturated heterocycles. The summed E-state index contributed by atoms with van der Waals surface area (Å²) in [5, 5.41) is 4.07. The fraction of sp³-hybridized carbons (Fsp3) is 0.143. The van der Waals surface area contributed by atoms with Crippen LogP contribution in [0.5, 0.6) is 5.75 Å². The molecule has 0 spiro atoms. The third-order valence-electron chi connectivity index (χ3n) is 3.15. The normalized spacial score (nSPS) is 10.9. The molecule has 0 unspecified atom stereocenters. The number of aryl methyl sites for hydroxylation is 1. The third-order valence-corrected chi connectivity index (χ3v) is 3.15. The first-order valence-electron chi connectivity index (χ1n) is 6.05. The number of methoxy groups -OCH3 is 1. The Morgan fingerprint density at radius 1 is 1.25 bits per heavy atom. The van der Waals surface area contributed by atoms with E-state index < -0.39 is 0 Å². The van der Waals surface area contributed by atoms with Crippen molar-refractivity contribution < 1.29 is 9.13 Å². The molecule has 0 bridgehead atoms. The number of ether oxygens (including phenoxy) is 1. The lowest BCUT2D eigenvalue weighted by molar-refractivity contribution is 0.415. The lowest BCUT2D eigenvalue weighted by Crippen LogP contribution is -1.95. The van der Waals surface area contributed by atoms with Crippen LogP contribution in [0.3, 0.4) is 0 Å². The quantitative estimate of drug-likeness (QED) is 0.778. The van der Waals surface area contributed by atoms with E-state index in [2.05, 4.69) is 10.1 Å². The highest BCUT2D eigenvalue weighted by Crippen LogP contribution is 2.33. The molecule has 0 aliphatic carbocycles. The van der Waals surface area contributed by atoms with Crippen molar-refractivity contribution >= 4 is 11.6 Å². The Morgan fingerprint density at radius 2 is 2.05 bits per heavy atom. The van der Waals surface area contributed by atoms with Crippen LogP contribution in [-0.4, -0.2) is 21.7 Å². The molecule has 0 fully saturated rings. The first-order chi connectivity index (χ1) is 9.58. The lowest BCUT2D eigenvalue weighted by atomic mass is 10.0. The van der Waals surface area contributed by atoms with Gasteiger partial charge in [-0.25, -0.2) is 8.91 Å². The molecule has 3 rings (SSSR count). The number of hydrogen-bond acceptors (Lipinski definition) is 4. The van der Waals surface area contributed by atoms with Gasteiger partial charge in [0.25, 0.3) is 0 Å². The van der Waals surface area contributed by atoms with E-state index in [0.29, 0.717) is 17.0 Å². The molecule has 2 heterocycles. The Morgan fingerprint density at radius 3 is 2.80 bits per heavy atom. The van der Waals surface area contributed by atoms with Crippen molar-refractivity contribution in [3.8, 4) is 16.9 Å². The number of nitrogens with zero attached hydrogens (tertiary/aromatic N) is 3. The molecule has 0 amide bonds. The summed E-state index contributed by atoms with van der Waals surface area (Å²) >= 11 is 0. The van der Waals surface area contributed by atoms with Crippen molar-refractivity contribution in [2.75, 3.05) is 12.8 Å². The first-order valence-corrected chi connectivity index (χ1v) is 6.05. The summed E-state index contributed by atoms with van der Waals surface area (Å²) in [6, 6.07) is 6.25. The van der Waals surface area contributed by atoms with E-state index in [4.69, 9.17) is 10.5 Å². The van der Waals surface area contributed by atoms with Gasteiger partial charge in [0.15, 0.2) is 5.65 Å². The number of aromatic nitrogens is 3. The van der Waals surface area contributed by atoms with E-state index in [1.807, 2.05) is 13.0 Å². The van der Waals surface area contributed by atoms with E-state index in [0.717, 1.165) is 11.1 Å². The summed E-state index contributed by atoms with van der Waals surface area (Å²) in [5.74, 6) is 0.480. The average molecular weight is 272 g/mol. The molecule has 0 saturated carbocycles. The third kappa shape index (κ3) is 1.95. The highest BCUT2D eigenvalue weighted by molar-refractivity contribution is 5.74. The maximum absolute atomic E-state index is 13.5. The monoisotopic (exact) mass is 272 g/mol. The van der Waals surface area contributed by atoms with Crippen LogP contribution in [0.15, 0.2) is 30.5 Å². The zero-order chi connectivity index (χ0) is 14.3. The minimum atomic E-state index is -0.321. The van der Waals surface area contributed by atoms with Gasteiger partial charge < -0.3 is 10.5 Å². The van der Waals surface area contributed by atoms with Gasteiger partial charge >= 0.3 is 0 Å². The Labute approximate surface area is 114 Å². The van der Waals surface area contributed by atoms with E-state index in [9.17, 15) is 4.39 Å². The topological polar surface area (TPSA) is 65.4 Å². The van der Waals surface area contributed by atoms with Gasteiger partial charge in [-0.15, -0.1) is 5.10 Å². The molecule has 0 aliphatic heterocycles. The van der Waals surface area contributed by atoms with E-state index >= 15 is 0 Å². The van der Waals surface area contributed by atoms with Crippen LogP contribution in [0.1, 0.15) is 5.56 Å². The smallest absolute Gasteiger partial charge is 0.240 e. The zero-order valence-corrected chi connectivity index (χ0v) is 11.1. The fourth-order valence-corrected chi connectivity index (χ4v) is 2.21. The van der Waals surface area contributed by atoms with Crippen molar-refractivity contribution in [1.29, 1.82) is 0 Å². The fourth-order valence-electron chi connectivity index (χ4n) is 2.21. The molecule has 3 aromatic rings. The van der Waals surface area contributed by atoms with Crippen molar-refractivity contribution in [1.82, 2.24) is 14.6 Å². The predicted octanol–water partition coefficient (Wildman–Crippen LogP) is 2.43. The molecular formula is C14H13FN4O. The van der Waals surface area contributed by atoms with Crippen molar-refractivity contribution in [2.24, 2.45) is 0 Å². The van der Waals surface area contributed by atoms with Crippen LogP contribution in [0, 0.1) is 12.7 Å².